The van der Waals surface area contributed by atoms with Crippen molar-refractivity contribution >= 4 is 5.97 Å². The summed E-state index contributed by atoms with van der Waals surface area (Å²) in [6.45, 7) is 6.48. The molecule has 0 spiro atoms. The number of carbonyl (C=O) groups is 1. The third kappa shape index (κ3) is 3.78. The van der Waals surface area contributed by atoms with Crippen molar-refractivity contribution < 1.29 is 14.6 Å². The van der Waals surface area contributed by atoms with Gasteiger partial charge >= 0.3 is 5.97 Å². The lowest BCUT2D eigenvalue weighted by molar-refractivity contribution is 0.0696. The monoisotopic (exact) mass is 263 g/mol. The summed E-state index contributed by atoms with van der Waals surface area (Å²) < 4.78 is 5.34. The van der Waals surface area contributed by atoms with Crippen LogP contribution in [0.25, 0.3) is 0 Å². The summed E-state index contributed by atoms with van der Waals surface area (Å²) in [7, 11) is 0. The van der Waals surface area contributed by atoms with Gasteiger partial charge in [-0.1, -0.05) is 6.07 Å². The number of carboxylic acids is 1. The normalized spacial score (nSPS) is 15.2. The molecule has 2 rings (SSSR count). The Labute approximate surface area is 114 Å². The molecule has 1 aromatic carbocycles. The van der Waals surface area contributed by atoms with Crippen molar-refractivity contribution in [2.24, 2.45) is 0 Å². The first-order valence-electron chi connectivity index (χ1n) is 6.86. The molecule has 4 heteroatoms. The van der Waals surface area contributed by atoms with E-state index in [1.54, 1.807) is 6.07 Å². The van der Waals surface area contributed by atoms with Gasteiger partial charge in [-0.05, 0) is 43.0 Å². The van der Waals surface area contributed by atoms with Crippen LogP contribution in [0.4, 0.5) is 0 Å². The van der Waals surface area contributed by atoms with Crippen molar-refractivity contribution in [3.63, 3.8) is 0 Å². The largest absolute Gasteiger partial charge is 0.478 e. The third-order valence-corrected chi connectivity index (χ3v) is 3.51. The van der Waals surface area contributed by atoms with Crippen LogP contribution < -0.4 is 0 Å². The summed E-state index contributed by atoms with van der Waals surface area (Å²) in [6.07, 6.45) is 2.03. The van der Waals surface area contributed by atoms with Gasteiger partial charge in [0.25, 0.3) is 0 Å². The molecule has 1 aliphatic rings. The Morgan fingerprint density at radius 2 is 2.26 bits per heavy atom. The van der Waals surface area contributed by atoms with Crippen LogP contribution in [0.3, 0.4) is 0 Å². The molecule has 1 aliphatic heterocycles. The molecule has 1 N–H and O–H groups in total. The Hall–Kier alpha value is -1.39. The topological polar surface area (TPSA) is 49.8 Å². The highest BCUT2D eigenvalue weighted by Crippen LogP contribution is 2.20. The summed E-state index contributed by atoms with van der Waals surface area (Å²) in [5.41, 5.74) is 2.82. The van der Waals surface area contributed by atoms with E-state index in [0.717, 1.165) is 51.3 Å². The van der Waals surface area contributed by atoms with E-state index in [-0.39, 0.29) is 0 Å². The van der Waals surface area contributed by atoms with Gasteiger partial charge < -0.3 is 9.84 Å². The van der Waals surface area contributed by atoms with Gasteiger partial charge in [-0.15, -0.1) is 0 Å². The van der Waals surface area contributed by atoms with Crippen molar-refractivity contribution in [2.75, 3.05) is 26.3 Å². The van der Waals surface area contributed by atoms with Gasteiger partial charge in [0.05, 0.1) is 5.56 Å². The van der Waals surface area contributed by atoms with E-state index in [1.807, 2.05) is 19.1 Å². The van der Waals surface area contributed by atoms with Crippen molar-refractivity contribution in [2.45, 2.75) is 26.3 Å². The van der Waals surface area contributed by atoms with E-state index in [1.165, 1.54) is 5.56 Å². The third-order valence-electron chi connectivity index (χ3n) is 3.51. The molecule has 0 radical (unpaired) electrons. The number of nitrogens with zero attached hydrogens (tertiary/aromatic N) is 1. The number of ether oxygens (including phenoxy) is 1. The second-order valence-electron chi connectivity index (χ2n) is 4.87. The van der Waals surface area contributed by atoms with Gasteiger partial charge in [-0.2, -0.15) is 0 Å². The van der Waals surface area contributed by atoms with Gasteiger partial charge in [0.2, 0.25) is 0 Å². The second-order valence-corrected chi connectivity index (χ2v) is 4.87. The zero-order valence-corrected chi connectivity index (χ0v) is 11.4. The van der Waals surface area contributed by atoms with E-state index in [2.05, 4.69) is 4.90 Å². The predicted molar refractivity (Wildman–Crippen MR) is 73.5 cm³/mol. The van der Waals surface area contributed by atoms with Crippen molar-refractivity contribution in [3.05, 3.63) is 34.9 Å². The van der Waals surface area contributed by atoms with Crippen molar-refractivity contribution in [1.82, 2.24) is 4.90 Å². The summed E-state index contributed by atoms with van der Waals surface area (Å²) in [6, 6.07) is 5.47. The molecule has 0 saturated carbocycles. The fourth-order valence-corrected chi connectivity index (χ4v) is 2.47. The number of fused-ring (bicyclic) bond motifs is 1. The van der Waals surface area contributed by atoms with E-state index in [0.29, 0.717) is 5.56 Å². The maximum absolute atomic E-state index is 11.0. The summed E-state index contributed by atoms with van der Waals surface area (Å²) in [5, 5.41) is 9.02. The summed E-state index contributed by atoms with van der Waals surface area (Å²) in [4.78, 5) is 13.4. The van der Waals surface area contributed by atoms with Crippen molar-refractivity contribution in [3.8, 4) is 0 Å². The first kappa shape index (κ1) is 14.0. The molecule has 0 aromatic heterocycles. The van der Waals surface area contributed by atoms with Crippen LogP contribution in [-0.4, -0.2) is 42.3 Å². The maximum Gasteiger partial charge on any atom is 0.335 e. The quantitative estimate of drug-likeness (QED) is 0.799. The van der Waals surface area contributed by atoms with E-state index in [4.69, 9.17) is 9.84 Å². The zero-order chi connectivity index (χ0) is 13.7. The number of hydrogen-bond donors (Lipinski definition) is 1. The summed E-state index contributed by atoms with van der Waals surface area (Å²) >= 11 is 0. The van der Waals surface area contributed by atoms with Crippen LogP contribution in [0, 0.1) is 0 Å². The number of benzene rings is 1. The number of hydrogen-bond acceptors (Lipinski definition) is 3. The molecule has 19 heavy (non-hydrogen) atoms. The molecule has 0 fully saturated rings. The Bertz CT molecular complexity index is 445. The SMILES string of the molecule is CCOCCCN1CCc2ccc(C(=O)O)cc2C1. The Morgan fingerprint density at radius 3 is 3.00 bits per heavy atom. The highest BCUT2D eigenvalue weighted by molar-refractivity contribution is 5.87. The highest BCUT2D eigenvalue weighted by atomic mass is 16.5. The molecule has 0 unspecified atom stereocenters. The smallest absolute Gasteiger partial charge is 0.335 e. The van der Waals surface area contributed by atoms with Crippen LogP contribution >= 0.6 is 0 Å². The molecule has 0 aliphatic carbocycles. The molecular weight excluding hydrogens is 242 g/mol. The molecule has 0 atom stereocenters. The number of rotatable bonds is 6. The predicted octanol–water partition coefficient (Wildman–Crippen LogP) is 2.17. The Morgan fingerprint density at radius 1 is 1.42 bits per heavy atom. The molecule has 0 amide bonds. The molecule has 1 aromatic rings. The second kappa shape index (κ2) is 6.68. The molecule has 4 nitrogen and oxygen atoms in total. The van der Waals surface area contributed by atoms with Gasteiger partial charge in [0.15, 0.2) is 0 Å². The van der Waals surface area contributed by atoms with Crippen LogP contribution in [-0.2, 0) is 17.7 Å². The van der Waals surface area contributed by atoms with Crippen LogP contribution in [0.5, 0.6) is 0 Å². The first-order valence-corrected chi connectivity index (χ1v) is 6.86. The fraction of sp³-hybridized carbons (Fsp3) is 0.533. The lowest BCUT2D eigenvalue weighted by atomic mass is 9.97. The minimum Gasteiger partial charge on any atom is -0.478 e. The van der Waals surface area contributed by atoms with Crippen LogP contribution in [0.2, 0.25) is 0 Å². The van der Waals surface area contributed by atoms with Gasteiger partial charge in [0, 0.05) is 32.8 Å². The van der Waals surface area contributed by atoms with Gasteiger partial charge in [-0.3, -0.25) is 4.90 Å². The standard InChI is InChI=1S/C15H21NO3/c1-2-19-9-3-7-16-8-6-12-4-5-13(15(17)18)10-14(12)11-16/h4-5,10H,2-3,6-9,11H2,1H3,(H,17,18). The number of carboxylic acid groups (broad SMARTS) is 1. The van der Waals surface area contributed by atoms with Gasteiger partial charge in [-0.25, -0.2) is 4.79 Å². The fourth-order valence-electron chi connectivity index (χ4n) is 2.47. The van der Waals surface area contributed by atoms with Gasteiger partial charge in [0.1, 0.15) is 0 Å². The maximum atomic E-state index is 11.0. The first-order chi connectivity index (χ1) is 9.20. The van der Waals surface area contributed by atoms with E-state index < -0.39 is 5.97 Å². The lowest BCUT2D eigenvalue weighted by Gasteiger charge is -2.28. The molecule has 0 saturated heterocycles. The molecular formula is C15H21NO3. The average Bonchev–Trinajstić information content (AvgIpc) is 2.42. The molecule has 1 heterocycles. The molecule has 104 valence electrons. The average molecular weight is 263 g/mol. The minimum absolute atomic E-state index is 0.384. The number of aromatic carboxylic acids is 1. The van der Waals surface area contributed by atoms with Crippen LogP contribution in [0.1, 0.15) is 34.8 Å². The van der Waals surface area contributed by atoms with E-state index in [9.17, 15) is 4.79 Å². The lowest BCUT2D eigenvalue weighted by Crippen LogP contribution is -2.32. The highest BCUT2D eigenvalue weighted by Gasteiger charge is 2.17. The zero-order valence-electron chi connectivity index (χ0n) is 11.4. The summed E-state index contributed by atoms with van der Waals surface area (Å²) in [5.74, 6) is -0.851. The minimum atomic E-state index is -0.851. The van der Waals surface area contributed by atoms with E-state index >= 15 is 0 Å². The Balaban J connectivity index is 1.94. The van der Waals surface area contributed by atoms with Crippen LogP contribution in [0.15, 0.2) is 18.2 Å². The Kier molecular flexibility index (Phi) is 4.93. The van der Waals surface area contributed by atoms with Crippen molar-refractivity contribution in [1.29, 1.82) is 0 Å². The molecule has 0 bridgehead atoms.